The summed E-state index contributed by atoms with van der Waals surface area (Å²) in [6.07, 6.45) is 2.23. The fraction of sp³-hybridized carbons (Fsp3) is 0.200. The Morgan fingerprint density at radius 2 is 1.88 bits per heavy atom. The van der Waals surface area contributed by atoms with E-state index in [9.17, 15) is 0 Å². The zero-order valence-electron chi connectivity index (χ0n) is 9.83. The van der Waals surface area contributed by atoms with Crippen LogP contribution < -0.4 is 5.32 Å². The third-order valence-electron chi connectivity index (χ3n) is 2.64. The summed E-state index contributed by atoms with van der Waals surface area (Å²) >= 11 is 0. The van der Waals surface area contributed by atoms with Crippen LogP contribution in [0.1, 0.15) is 12.5 Å². The second-order valence-corrected chi connectivity index (χ2v) is 4.13. The molecule has 82 valence electrons. The van der Waals surface area contributed by atoms with Crippen molar-refractivity contribution in [2.24, 2.45) is 0 Å². The number of fused-ring (bicyclic) bond motifs is 1. The van der Waals surface area contributed by atoms with Gasteiger partial charge in [-0.3, -0.25) is 0 Å². The Balaban J connectivity index is 2.36. The standard InChI is InChI=1S/C15H17N/c1-12(11-16-2)9-13-7-8-14-5-3-4-6-15(14)10-13/h3-10,16H,11H2,1-2H3. The molecular formula is C15H17N. The molecule has 1 nitrogen and oxygen atoms in total. The quantitative estimate of drug-likeness (QED) is 0.819. The van der Waals surface area contributed by atoms with Gasteiger partial charge in [0.25, 0.3) is 0 Å². The summed E-state index contributed by atoms with van der Waals surface area (Å²) < 4.78 is 0. The Hall–Kier alpha value is -1.60. The topological polar surface area (TPSA) is 12.0 Å². The summed E-state index contributed by atoms with van der Waals surface area (Å²) in [7, 11) is 1.97. The van der Waals surface area contributed by atoms with Crippen LogP contribution in [-0.4, -0.2) is 13.6 Å². The lowest BCUT2D eigenvalue weighted by molar-refractivity contribution is 0.884. The van der Waals surface area contributed by atoms with E-state index in [-0.39, 0.29) is 0 Å². The van der Waals surface area contributed by atoms with Crippen molar-refractivity contribution in [1.29, 1.82) is 0 Å². The first-order valence-electron chi connectivity index (χ1n) is 5.60. The van der Waals surface area contributed by atoms with Crippen LogP contribution in [0, 0.1) is 0 Å². The van der Waals surface area contributed by atoms with Gasteiger partial charge in [0.2, 0.25) is 0 Å². The van der Waals surface area contributed by atoms with Crippen LogP contribution in [-0.2, 0) is 0 Å². The lowest BCUT2D eigenvalue weighted by Gasteiger charge is -2.02. The van der Waals surface area contributed by atoms with E-state index in [1.54, 1.807) is 0 Å². The lowest BCUT2D eigenvalue weighted by atomic mass is 10.1. The van der Waals surface area contributed by atoms with Crippen LogP contribution >= 0.6 is 0 Å². The predicted octanol–water partition coefficient (Wildman–Crippen LogP) is 3.46. The summed E-state index contributed by atoms with van der Waals surface area (Å²) in [5, 5.41) is 5.75. The van der Waals surface area contributed by atoms with E-state index < -0.39 is 0 Å². The number of nitrogens with one attached hydrogen (secondary N) is 1. The molecule has 0 amide bonds. The minimum absolute atomic E-state index is 0.937. The first-order chi connectivity index (χ1) is 7.79. The van der Waals surface area contributed by atoms with Crippen molar-refractivity contribution in [1.82, 2.24) is 5.32 Å². The molecule has 2 aromatic rings. The second kappa shape index (κ2) is 4.95. The molecule has 0 saturated carbocycles. The third kappa shape index (κ3) is 2.50. The van der Waals surface area contributed by atoms with Crippen LogP contribution in [0.2, 0.25) is 0 Å². The van der Waals surface area contributed by atoms with Crippen molar-refractivity contribution >= 4 is 16.8 Å². The van der Waals surface area contributed by atoms with Gasteiger partial charge in [0.1, 0.15) is 0 Å². The number of benzene rings is 2. The lowest BCUT2D eigenvalue weighted by Crippen LogP contribution is -2.08. The highest BCUT2D eigenvalue weighted by molar-refractivity contribution is 5.84. The Bertz CT molecular complexity index is 512. The Morgan fingerprint density at radius 1 is 1.12 bits per heavy atom. The van der Waals surface area contributed by atoms with Gasteiger partial charge >= 0.3 is 0 Å². The summed E-state index contributed by atoms with van der Waals surface area (Å²) in [5.74, 6) is 0. The van der Waals surface area contributed by atoms with Crippen LogP contribution in [0.4, 0.5) is 0 Å². The monoisotopic (exact) mass is 211 g/mol. The van der Waals surface area contributed by atoms with E-state index in [2.05, 4.69) is 60.8 Å². The molecule has 0 aliphatic rings. The molecule has 0 unspecified atom stereocenters. The molecule has 0 heterocycles. The van der Waals surface area contributed by atoms with Gasteiger partial charge in [0.05, 0.1) is 0 Å². The van der Waals surface area contributed by atoms with E-state index in [1.165, 1.54) is 21.9 Å². The summed E-state index contributed by atoms with van der Waals surface area (Å²) in [5.41, 5.74) is 2.62. The Morgan fingerprint density at radius 3 is 2.62 bits per heavy atom. The first kappa shape index (κ1) is 10.9. The summed E-state index contributed by atoms with van der Waals surface area (Å²) in [4.78, 5) is 0. The fourth-order valence-electron chi connectivity index (χ4n) is 1.91. The Kier molecular flexibility index (Phi) is 3.37. The molecule has 0 radical (unpaired) electrons. The SMILES string of the molecule is CNCC(C)=Cc1ccc2ccccc2c1. The minimum Gasteiger partial charge on any atom is -0.316 e. The molecule has 2 aromatic carbocycles. The maximum absolute atomic E-state index is 3.16. The van der Waals surface area contributed by atoms with E-state index >= 15 is 0 Å². The maximum atomic E-state index is 3.16. The van der Waals surface area contributed by atoms with E-state index in [1.807, 2.05) is 7.05 Å². The van der Waals surface area contributed by atoms with Gasteiger partial charge in [-0.05, 0) is 36.4 Å². The molecule has 0 fully saturated rings. The number of likely N-dealkylation sites (N-methyl/N-ethyl adjacent to an activating group) is 1. The maximum Gasteiger partial charge on any atom is 0.0162 e. The van der Waals surface area contributed by atoms with Crippen LogP contribution in [0.25, 0.3) is 16.8 Å². The van der Waals surface area contributed by atoms with Gasteiger partial charge in [0.15, 0.2) is 0 Å². The summed E-state index contributed by atoms with van der Waals surface area (Å²) in [6.45, 7) is 3.08. The van der Waals surface area contributed by atoms with Gasteiger partial charge in [-0.15, -0.1) is 0 Å². The van der Waals surface area contributed by atoms with Crippen molar-refractivity contribution in [3.63, 3.8) is 0 Å². The molecule has 2 rings (SSSR count). The highest BCUT2D eigenvalue weighted by atomic mass is 14.8. The van der Waals surface area contributed by atoms with Gasteiger partial charge in [-0.25, -0.2) is 0 Å². The zero-order chi connectivity index (χ0) is 11.4. The predicted molar refractivity (Wildman–Crippen MR) is 71.5 cm³/mol. The molecule has 0 bridgehead atoms. The van der Waals surface area contributed by atoms with E-state index in [4.69, 9.17) is 0 Å². The second-order valence-electron chi connectivity index (χ2n) is 4.13. The highest BCUT2D eigenvalue weighted by Crippen LogP contribution is 2.17. The third-order valence-corrected chi connectivity index (χ3v) is 2.64. The van der Waals surface area contributed by atoms with Crippen molar-refractivity contribution in [3.05, 3.63) is 53.6 Å². The number of hydrogen-bond acceptors (Lipinski definition) is 1. The summed E-state index contributed by atoms with van der Waals surface area (Å²) in [6, 6.07) is 15.0. The molecule has 1 heteroatoms. The van der Waals surface area contributed by atoms with Crippen molar-refractivity contribution in [2.45, 2.75) is 6.92 Å². The zero-order valence-corrected chi connectivity index (χ0v) is 9.83. The molecule has 0 aromatic heterocycles. The molecule has 0 aliphatic carbocycles. The molecule has 0 aliphatic heterocycles. The van der Waals surface area contributed by atoms with E-state index in [0.717, 1.165) is 6.54 Å². The fourth-order valence-corrected chi connectivity index (χ4v) is 1.91. The van der Waals surface area contributed by atoms with E-state index in [0.29, 0.717) is 0 Å². The Labute approximate surface area is 96.8 Å². The van der Waals surface area contributed by atoms with Gasteiger partial charge in [-0.2, -0.15) is 0 Å². The van der Waals surface area contributed by atoms with Gasteiger partial charge in [0, 0.05) is 6.54 Å². The van der Waals surface area contributed by atoms with Crippen molar-refractivity contribution in [2.75, 3.05) is 13.6 Å². The normalized spacial score (nSPS) is 12.0. The van der Waals surface area contributed by atoms with Crippen LogP contribution in [0.3, 0.4) is 0 Å². The molecule has 0 saturated heterocycles. The molecular weight excluding hydrogens is 194 g/mol. The van der Waals surface area contributed by atoms with Crippen molar-refractivity contribution < 1.29 is 0 Å². The average Bonchev–Trinajstić information content (AvgIpc) is 2.29. The number of rotatable bonds is 3. The molecule has 0 atom stereocenters. The minimum atomic E-state index is 0.937. The smallest absolute Gasteiger partial charge is 0.0162 e. The van der Waals surface area contributed by atoms with Gasteiger partial charge in [-0.1, -0.05) is 48.0 Å². The molecule has 0 spiro atoms. The highest BCUT2D eigenvalue weighted by Gasteiger charge is 1.94. The first-order valence-corrected chi connectivity index (χ1v) is 5.60. The van der Waals surface area contributed by atoms with Crippen molar-refractivity contribution in [3.8, 4) is 0 Å². The van der Waals surface area contributed by atoms with Gasteiger partial charge < -0.3 is 5.32 Å². The average molecular weight is 211 g/mol. The van der Waals surface area contributed by atoms with Crippen LogP contribution in [0.15, 0.2) is 48.0 Å². The number of hydrogen-bond donors (Lipinski definition) is 1. The largest absolute Gasteiger partial charge is 0.316 e. The van der Waals surface area contributed by atoms with Crippen LogP contribution in [0.5, 0.6) is 0 Å². The molecule has 1 N–H and O–H groups in total. The molecule has 16 heavy (non-hydrogen) atoms.